The van der Waals surface area contributed by atoms with Gasteiger partial charge in [0.1, 0.15) is 12.2 Å². The molecular formula is C17H32N6O. The van der Waals surface area contributed by atoms with Gasteiger partial charge < -0.3 is 19.9 Å². The smallest absolute Gasteiger partial charge is 0.191 e. The number of aromatic nitrogens is 3. The van der Waals surface area contributed by atoms with Crippen LogP contribution in [0.15, 0.2) is 11.3 Å². The molecule has 0 bridgehead atoms. The fraction of sp³-hybridized carbons (Fsp3) is 0.824. The number of hydrogen-bond acceptors (Lipinski definition) is 4. The van der Waals surface area contributed by atoms with Gasteiger partial charge in [0.2, 0.25) is 0 Å². The lowest BCUT2D eigenvalue weighted by molar-refractivity contribution is 0.187. The molecule has 0 amide bonds. The summed E-state index contributed by atoms with van der Waals surface area (Å²) in [5, 5.41) is 15.0. The lowest BCUT2D eigenvalue weighted by Crippen LogP contribution is -2.45. The van der Waals surface area contributed by atoms with Crippen LogP contribution in [0.5, 0.6) is 0 Å². The molecule has 1 aromatic rings. The van der Waals surface area contributed by atoms with Crippen molar-refractivity contribution in [3.8, 4) is 0 Å². The van der Waals surface area contributed by atoms with Crippen molar-refractivity contribution in [3.63, 3.8) is 0 Å². The Kier molecular flexibility index (Phi) is 7.49. The van der Waals surface area contributed by atoms with Crippen molar-refractivity contribution in [1.29, 1.82) is 0 Å². The number of rotatable bonds is 8. The second kappa shape index (κ2) is 9.61. The maximum atomic E-state index is 5.44. The molecule has 2 heterocycles. The normalized spacial score (nSPS) is 19.7. The highest BCUT2D eigenvalue weighted by Crippen LogP contribution is 2.12. The summed E-state index contributed by atoms with van der Waals surface area (Å²) in [6.45, 7) is 12.8. The molecule has 0 saturated carbocycles. The molecule has 2 rings (SSSR count). The molecule has 2 unspecified atom stereocenters. The number of nitrogens with one attached hydrogen (secondary N) is 2. The summed E-state index contributed by atoms with van der Waals surface area (Å²) >= 11 is 0. The molecule has 1 aliphatic rings. The van der Waals surface area contributed by atoms with E-state index in [2.05, 4.69) is 53.1 Å². The Morgan fingerprint density at radius 1 is 1.46 bits per heavy atom. The van der Waals surface area contributed by atoms with Crippen LogP contribution in [0.4, 0.5) is 0 Å². The Morgan fingerprint density at radius 2 is 2.29 bits per heavy atom. The maximum Gasteiger partial charge on any atom is 0.191 e. The SMILES string of the molecule is CCc1nncn1CCNC(=NCC1CCOC1)NC(C)C(C)C. The van der Waals surface area contributed by atoms with E-state index in [4.69, 9.17) is 9.73 Å². The van der Waals surface area contributed by atoms with Crippen LogP contribution < -0.4 is 10.6 Å². The third-order valence-electron chi connectivity index (χ3n) is 4.55. The van der Waals surface area contributed by atoms with Crippen molar-refractivity contribution < 1.29 is 4.74 Å². The highest BCUT2D eigenvalue weighted by Gasteiger charge is 2.16. The zero-order valence-electron chi connectivity index (χ0n) is 15.5. The summed E-state index contributed by atoms with van der Waals surface area (Å²) in [5.41, 5.74) is 0. The Hall–Kier alpha value is -1.63. The predicted molar refractivity (Wildman–Crippen MR) is 96.1 cm³/mol. The highest BCUT2D eigenvalue weighted by atomic mass is 16.5. The van der Waals surface area contributed by atoms with E-state index in [0.29, 0.717) is 17.9 Å². The zero-order chi connectivity index (χ0) is 17.4. The van der Waals surface area contributed by atoms with Gasteiger partial charge in [0, 0.05) is 44.6 Å². The van der Waals surface area contributed by atoms with Crippen molar-refractivity contribution in [2.45, 2.75) is 53.1 Å². The lowest BCUT2D eigenvalue weighted by Gasteiger charge is -2.21. The fourth-order valence-corrected chi connectivity index (χ4v) is 2.52. The van der Waals surface area contributed by atoms with E-state index in [-0.39, 0.29) is 0 Å². The Balaban J connectivity index is 1.87. The Bertz CT molecular complexity index is 507. The molecular weight excluding hydrogens is 304 g/mol. The van der Waals surface area contributed by atoms with Crippen molar-refractivity contribution in [2.24, 2.45) is 16.8 Å². The van der Waals surface area contributed by atoms with Crippen LogP contribution in [0.2, 0.25) is 0 Å². The van der Waals surface area contributed by atoms with Crippen LogP contribution in [0.3, 0.4) is 0 Å². The molecule has 24 heavy (non-hydrogen) atoms. The number of aliphatic imine (C=N–C) groups is 1. The van der Waals surface area contributed by atoms with E-state index >= 15 is 0 Å². The fourth-order valence-electron chi connectivity index (χ4n) is 2.52. The first-order chi connectivity index (χ1) is 11.6. The number of hydrogen-bond donors (Lipinski definition) is 2. The summed E-state index contributed by atoms with van der Waals surface area (Å²) in [5.74, 6) is 3.00. The number of ether oxygens (including phenoxy) is 1. The molecule has 0 aliphatic carbocycles. The largest absolute Gasteiger partial charge is 0.381 e. The topological polar surface area (TPSA) is 76.4 Å². The standard InChI is InChI=1S/C17H32N6O/c1-5-16-22-20-12-23(16)8-7-18-17(21-14(4)13(2)3)19-10-15-6-9-24-11-15/h12-15H,5-11H2,1-4H3,(H2,18,19,21). The molecule has 2 N–H and O–H groups in total. The Labute approximate surface area is 145 Å². The summed E-state index contributed by atoms with van der Waals surface area (Å²) in [6.07, 6.45) is 3.79. The average molecular weight is 336 g/mol. The highest BCUT2D eigenvalue weighted by molar-refractivity contribution is 5.80. The third-order valence-corrected chi connectivity index (χ3v) is 4.55. The average Bonchev–Trinajstić information content (AvgIpc) is 3.23. The molecule has 0 aromatic carbocycles. The van der Waals surface area contributed by atoms with Crippen molar-refractivity contribution >= 4 is 5.96 Å². The molecule has 1 aliphatic heterocycles. The van der Waals surface area contributed by atoms with E-state index in [1.54, 1.807) is 6.33 Å². The van der Waals surface area contributed by atoms with Gasteiger partial charge in [-0.15, -0.1) is 10.2 Å². The number of aryl methyl sites for hydroxylation is 1. The molecule has 7 nitrogen and oxygen atoms in total. The first-order valence-corrected chi connectivity index (χ1v) is 9.09. The van der Waals surface area contributed by atoms with Gasteiger partial charge in [0.05, 0.1) is 6.61 Å². The van der Waals surface area contributed by atoms with Crippen LogP contribution in [-0.2, 0) is 17.7 Å². The van der Waals surface area contributed by atoms with E-state index in [1.807, 2.05) is 0 Å². The molecule has 0 spiro atoms. The van der Waals surface area contributed by atoms with E-state index in [9.17, 15) is 0 Å². The first-order valence-electron chi connectivity index (χ1n) is 9.09. The van der Waals surface area contributed by atoms with Crippen molar-refractivity contribution in [2.75, 3.05) is 26.3 Å². The summed E-state index contributed by atoms with van der Waals surface area (Å²) in [7, 11) is 0. The first kappa shape index (κ1) is 18.7. The summed E-state index contributed by atoms with van der Waals surface area (Å²) in [4.78, 5) is 4.76. The number of nitrogens with zero attached hydrogens (tertiary/aromatic N) is 4. The monoisotopic (exact) mass is 336 g/mol. The van der Waals surface area contributed by atoms with Crippen molar-refractivity contribution in [3.05, 3.63) is 12.2 Å². The molecule has 136 valence electrons. The molecule has 1 fully saturated rings. The second-order valence-electron chi connectivity index (χ2n) is 6.82. The lowest BCUT2D eigenvalue weighted by atomic mass is 10.1. The molecule has 1 aromatic heterocycles. The summed E-state index contributed by atoms with van der Waals surface area (Å²) < 4.78 is 7.52. The van der Waals surface area contributed by atoms with Crippen LogP contribution in [0.1, 0.15) is 39.9 Å². The molecule has 7 heteroatoms. The molecule has 0 radical (unpaired) electrons. The zero-order valence-corrected chi connectivity index (χ0v) is 15.5. The van der Waals surface area contributed by atoms with Gasteiger partial charge in [-0.25, -0.2) is 0 Å². The third kappa shape index (κ3) is 5.78. The predicted octanol–water partition coefficient (Wildman–Crippen LogP) is 1.46. The van der Waals surface area contributed by atoms with Gasteiger partial charge in [0.25, 0.3) is 0 Å². The summed E-state index contributed by atoms with van der Waals surface area (Å²) in [6, 6.07) is 0.372. The molecule has 1 saturated heterocycles. The van der Waals surface area contributed by atoms with Crippen LogP contribution >= 0.6 is 0 Å². The minimum atomic E-state index is 0.372. The van der Waals surface area contributed by atoms with Crippen LogP contribution in [0, 0.1) is 11.8 Å². The minimum Gasteiger partial charge on any atom is -0.381 e. The van der Waals surface area contributed by atoms with E-state index < -0.39 is 0 Å². The van der Waals surface area contributed by atoms with Crippen LogP contribution in [-0.4, -0.2) is 53.1 Å². The minimum absolute atomic E-state index is 0.372. The number of guanidine groups is 1. The van der Waals surface area contributed by atoms with Crippen molar-refractivity contribution in [1.82, 2.24) is 25.4 Å². The molecule has 2 atom stereocenters. The van der Waals surface area contributed by atoms with Gasteiger partial charge in [-0.05, 0) is 19.3 Å². The second-order valence-corrected chi connectivity index (χ2v) is 6.82. The quantitative estimate of drug-likeness (QED) is 0.555. The van der Waals surface area contributed by atoms with E-state index in [1.165, 1.54) is 0 Å². The van der Waals surface area contributed by atoms with Gasteiger partial charge >= 0.3 is 0 Å². The van der Waals surface area contributed by atoms with Gasteiger partial charge in [-0.2, -0.15) is 0 Å². The van der Waals surface area contributed by atoms with Gasteiger partial charge in [-0.1, -0.05) is 20.8 Å². The maximum absolute atomic E-state index is 5.44. The van der Waals surface area contributed by atoms with Gasteiger partial charge in [-0.3, -0.25) is 4.99 Å². The van der Waals surface area contributed by atoms with Crippen LogP contribution in [0.25, 0.3) is 0 Å². The van der Waals surface area contributed by atoms with E-state index in [0.717, 1.165) is 57.5 Å². The van der Waals surface area contributed by atoms with Gasteiger partial charge in [0.15, 0.2) is 5.96 Å². The Morgan fingerprint density at radius 3 is 2.96 bits per heavy atom.